The van der Waals surface area contributed by atoms with Gasteiger partial charge in [0.1, 0.15) is 11.6 Å². The molecule has 12 nitrogen and oxygen atoms in total. The summed E-state index contributed by atoms with van der Waals surface area (Å²) in [6.45, 7) is 33.5. The van der Waals surface area contributed by atoms with E-state index in [1.807, 2.05) is 83.1 Å². The maximum Gasteiger partial charge on any atom is 0.350 e. The van der Waals surface area contributed by atoms with E-state index in [9.17, 15) is 24.2 Å². The molecule has 0 rings (SSSR count). The fraction of sp³-hybridized carbons (Fsp3) is 0.967. The molecule has 0 saturated heterocycles. The average Bonchev–Trinajstić information content (AvgIpc) is 2.76. The summed E-state index contributed by atoms with van der Waals surface area (Å²) in [7, 11) is -7.04. The second-order valence-corrected chi connectivity index (χ2v) is 19.3. The summed E-state index contributed by atoms with van der Waals surface area (Å²) in [5.41, 5.74) is -3.72. The summed E-state index contributed by atoms with van der Waals surface area (Å²) in [5, 5.41) is 22.5. The first kappa shape index (κ1) is 45.7. The zero-order chi connectivity index (χ0) is 35.8. The highest BCUT2D eigenvalue weighted by Gasteiger charge is 2.53. The molecule has 2 N–H and O–H groups in total. The predicted molar refractivity (Wildman–Crippen MR) is 176 cm³/mol. The first-order valence-electron chi connectivity index (χ1n) is 15.4. The molecule has 0 aliphatic heterocycles. The SMILES string of the molecule is CCOP(=O)(OCC)C(N(O)C(C)(C)C)C(C)(C)C.CCOP(=O)(OCC)C(N(OC(C)(C)C(=O)O)C(C)(C)C)C(C)(C)C. The summed E-state index contributed by atoms with van der Waals surface area (Å²) in [4.78, 5) is 17.5. The Labute approximate surface area is 268 Å². The van der Waals surface area contributed by atoms with Gasteiger partial charge in [0.2, 0.25) is 0 Å². The molecule has 0 spiro atoms. The van der Waals surface area contributed by atoms with Gasteiger partial charge >= 0.3 is 21.2 Å². The van der Waals surface area contributed by atoms with Gasteiger partial charge in [-0.1, -0.05) is 41.5 Å². The molecular weight excluding hydrogens is 610 g/mol. The number of aliphatic carboxylic acids is 1. The van der Waals surface area contributed by atoms with Crippen LogP contribution in [0.4, 0.5) is 0 Å². The van der Waals surface area contributed by atoms with Gasteiger partial charge in [-0.3, -0.25) is 14.0 Å². The maximum absolute atomic E-state index is 13.6. The maximum atomic E-state index is 13.6. The van der Waals surface area contributed by atoms with Crippen LogP contribution in [0.15, 0.2) is 0 Å². The topological polar surface area (TPSA) is 144 Å². The number of hydrogen-bond acceptors (Lipinski definition) is 11. The third kappa shape index (κ3) is 13.8. The van der Waals surface area contributed by atoms with Crippen LogP contribution >= 0.6 is 15.2 Å². The molecule has 0 aliphatic rings. The number of hydroxylamine groups is 4. The number of rotatable bonds is 15. The molecule has 0 aliphatic carbocycles. The average molecular weight is 677 g/mol. The molecule has 266 valence electrons. The molecular formula is C30H66N2O10P2. The van der Waals surface area contributed by atoms with E-state index >= 15 is 0 Å². The van der Waals surface area contributed by atoms with Gasteiger partial charge in [0.15, 0.2) is 5.60 Å². The molecule has 2 unspecified atom stereocenters. The summed E-state index contributed by atoms with van der Waals surface area (Å²) < 4.78 is 48.6. The van der Waals surface area contributed by atoms with Gasteiger partial charge in [0.25, 0.3) is 0 Å². The van der Waals surface area contributed by atoms with Crippen molar-refractivity contribution in [2.45, 2.75) is 153 Å². The number of carbonyl (C=O) groups is 1. The van der Waals surface area contributed by atoms with Crippen LogP contribution in [0.25, 0.3) is 0 Å². The van der Waals surface area contributed by atoms with Crippen molar-refractivity contribution in [2.75, 3.05) is 26.4 Å². The highest BCUT2D eigenvalue weighted by Crippen LogP contribution is 2.61. The molecule has 2 atom stereocenters. The van der Waals surface area contributed by atoms with Gasteiger partial charge in [-0.15, -0.1) is 0 Å². The zero-order valence-electron chi connectivity index (χ0n) is 30.9. The van der Waals surface area contributed by atoms with E-state index in [1.165, 1.54) is 18.9 Å². The second kappa shape index (κ2) is 17.1. The van der Waals surface area contributed by atoms with Crippen molar-refractivity contribution in [3.05, 3.63) is 0 Å². The number of carboxylic acids is 1. The zero-order valence-corrected chi connectivity index (χ0v) is 32.7. The second-order valence-electron chi connectivity index (χ2n) is 15.1. The molecule has 0 radical (unpaired) electrons. The minimum Gasteiger partial charge on any atom is -0.479 e. The number of carboxylic acid groups (broad SMARTS) is 1. The Hall–Kier alpha value is -0.390. The lowest BCUT2D eigenvalue weighted by Crippen LogP contribution is -2.57. The monoisotopic (exact) mass is 676 g/mol. The minimum atomic E-state index is -3.61. The van der Waals surface area contributed by atoms with Crippen molar-refractivity contribution in [3.63, 3.8) is 0 Å². The molecule has 0 bridgehead atoms. The Morgan fingerprint density at radius 2 is 0.909 bits per heavy atom. The first-order valence-corrected chi connectivity index (χ1v) is 18.6. The van der Waals surface area contributed by atoms with Gasteiger partial charge in [-0.05, 0) is 93.9 Å². The van der Waals surface area contributed by atoms with E-state index in [1.54, 1.807) is 27.7 Å². The summed E-state index contributed by atoms with van der Waals surface area (Å²) in [6, 6.07) is 0. The van der Waals surface area contributed by atoms with Crippen molar-refractivity contribution in [1.29, 1.82) is 0 Å². The van der Waals surface area contributed by atoms with Gasteiger partial charge < -0.3 is 28.4 Å². The van der Waals surface area contributed by atoms with Gasteiger partial charge in [-0.25, -0.2) is 4.79 Å². The molecule has 44 heavy (non-hydrogen) atoms. The van der Waals surface area contributed by atoms with Gasteiger partial charge in [0.05, 0.1) is 26.4 Å². The van der Waals surface area contributed by atoms with Crippen LogP contribution in [0, 0.1) is 10.8 Å². The quantitative estimate of drug-likeness (QED) is 0.126. The molecule has 0 saturated carbocycles. The van der Waals surface area contributed by atoms with Crippen LogP contribution in [0.2, 0.25) is 0 Å². The van der Waals surface area contributed by atoms with Crippen molar-refractivity contribution < 1.29 is 47.2 Å². The Bertz CT molecular complexity index is 943. The van der Waals surface area contributed by atoms with Crippen LogP contribution in [0.1, 0.15) is 125 Å². The van der Waals surface area contributed by atoms with E-state index in [0.29, 0.717) is 0 Å². The van der Waals surface area contributed by atoms with Crippen molar-refractivity contribution in [2.24, 2.45) is 10.8 Å². The Morgan fingerprint density at radius 1 is 0.614 bits per heavy atom. The van der Waals surface area contributed by atoms with E-state index < -0.39 is 60.2 Å². The van der Waals surface area contributed by atoms with Crippen LogP contribution in [-0.4, -0.2) is 81.1 Å². The van der Waals surface area contributed by atoms with E-state index in [4.69, 9.17) is 22.9 Å². The molecule has 14 heteroatoms. The third-order valence-electron chi connectivity index (χ3n) is 6.03. The highest BCUT2D eigenvalue weighted by molar-refractivity contribution is 7.55. The van der Waals surface area contributed by atoms with Crippen LogP contribution < -0.4 is 0 Å². The lowest BCUT2D eigenvalue weighted by Gasteiger charge is -2.49. The van der Waals surface area contributed by atoms with Crippen molar-refractivity contribution >= 4 is 21.2 Å². The fourth-order valence-electron chi connectivity index (χ4n) is 4.21. The fourth-order valence-corrected chi connectivity index (χ4v) is 9.53. The lowest BCUT2D eigenvalue weighted by atomic mass is 9.94. The Morgan fingerprint density at radius 3 is 1.11 bits per heavy atom. The lowest BCUT2D eigenvalue weighted by molar-refractivity contribution is -0.290. The third-order valence-corrected chi connectivity index (χ3v) is 11.7. The summed E-state index contributed by atoms with van der Waals surface area (Å²) in [5.74, 6) is -2.63. The molecule has 0 fully saturated rings. The van der Waals surface area contributed by atoms with Crippen LogP contribution in [0.3, 0.4) is 0 Å². The molecule has 0 aromatic carbocycles. The van der Waals surface area contributed by atoms with Crippen LogP contribution in [-0.2, 0) is 36.9 Å². The van der Waals surface area contributed by atoms with E-state index in [2.05, 4.69) is 0 Å². The van der Waals surface area contributed by atoms with E-state index in [-0.39, 0.29) is 26.4 Å². The normalized spacial score (nSPS) is 15.7. The predicted octanol–water partition coefficient (Wildman–Crippen LogP) is 8.63. The smallest absolute Gasteiger partial charge is 0.350 e. The largest absolute Gasteiger partial charge is 0.479 e. The van der Waals surface area contributed by atoms with Gasteiger partial charge in [-0.2, -0.15) is 10.1 Å². The molecule has 0 aromatic rings. The number of nitrogens with zero attached hydrogens (tertiary/aromatic N) is 2. The Kier molecular flexibility index (Phi) is 17.8. The molecule has 0 amide bonds. The minimum absolute atomic E-state index is 0.212. The van der Waals surface area contributed by atoms with Crippen molar-refractivity contribution in [3.8, 4) is 0 Å². The molecule has 0 heterocycles. The molecule has 0 aromatic heterocycles. The Balaban J connectivity index is 0. The number of hydrogen-bond donors (Lipinski definition) is 2. The standard InChI is InChI=1S/C17H36NO6P.C13H30NO4P/c1-11-22-25(21,23-12-2)13(15(3,4)5)18(16(6,7)8)24-17(9,10)14(19)20;1-9-17-19(16,18-10-2)11(12(3,4)5)14(15)13(6,7)8/h13H,11-12H2,1-10H3,(H,19,20);11,15H,9-10H2,1-8H3. The summed E-state index contributed by atoms with van der Waals surface area (Å²) in [6.07, 6.45) is 0. The van der Waals surface area contributed by atoms with Crippen LogP contribution in [0.5, 0.6) is 0 Å². The first-order chi connectivity index (χ1) is 19.4. The highest BCUT2D eigenvalue weighted by atomic mass is 31.2. The van der Waals surface area contributed by atoms with Gasteiger partial charge in [0, 0.05) is 11.1 Å². The summed E-state index contributed by atoms with van der Waals surface area (Å²) >= 11 is 0. The van der Waals surface area contributed by atoms with E-state index in [0.717, 1.165) is 5.06 Å². The van der Waals surface area contributed by atoms with Crippen molar-refractivity contribution in [1.82, 2.24) is 10.1 Å².